The maximum Gasteiger partial charge on any atom is 0.326 e. The molecule has 1 amide bonds. The molecule has 4 N–H and O–H groups in total. The number of carboxylic acids is 1. The number of phenolic OH excluding ortho intramolecular Hbond substituents is 1. The Bertz CT molecular complexity index is 785. The minimum Gasteiger partial charge on any atom is -0.508 e. The lowest BCUT2D eigenvalue weighted by molar-refractivity contribution is -0.142. The van der Waals surface area contributed by atoms with Gasteiger partial charge in [0.15, 0.2) is 6.04 Å². The quantitative estimate of drug-likeness (QED) is 0.426. The van der Waals surface area contributed by atoms with Crippen LogP contribution in [0.1, 0.15) is 11.1 Å². The van der Waals surface area contributed by atoms with Crippen molar-refractivity contribution >= 4 is 11.9 Å². The van der Waals surface area contributed by atoms with E-state index in [2.05, 4.69) is 15.7 Å². The van der Waals surface area contributed by atoms with Gasteiger partial charge in [0, 0.05) is 12.8 Å². The normalized spacial score (nSPS) is 12.4. The van der Waals surface area contributed by atoms with Gasteiger partial charge < -0.3 is 15.5 Å². The summed E-state index contributed by atoms with van der Waals surface area (Å²) < 4.78 is 0. The van der Waals surface area contributed by atoms with E-state index in [1.807, 2.05) is 30.3 Å². The average molecular weight is 353 g/mol. The number of amides is 1. The summed E-state index contributed by atoms with van der Waals surface area (Å²) in [7, 11) is 0. The lowest BCUT2D eigenvalue weighted by Crippen LogP contribution is -2.50. The van der Waals surface area contributed by atoms with E-state index in [0.717, 1.165) is 5.56 Å². The van der Waals surface area contributed by atoms with Gasteiger partial charge in [-0.1, -0.05) is 42.5 Å². The van der Waals surface area contributed by atoms with Crippen molar-refractivity contribution < 1.29 is 19.8 Å². The first-order valence-corrected chi connectivity index (χ1v) is 7.96. The smallest absolute Gasteiger partial charge is 0.326 e. The molecular weight excluding hydrogens is 334 g/mol. The summed E-state index contributed by atoms with van der Waals surface area (Å²) in [6, 6.07) is 13.2. The number of carbonyl (C=O) groups is 2. The summed E-state index contributed by atoms with van der Waals surface area (Å²) in [6.07, 6.45) is 0.331. The zero-order valence-corrected chi connectivity index (χ0v) is 13.9. The Labute approximate surface area is 151 Å². The highest BCUT2D eigenvalue weighted by Crippen LogP contribution is 2.12. The van der Waals surface area contributed by atoms with Crippen LogP contribution < -0.4 is 10.7 Å². The third kappa shape index (κ3) is 5.53. The van der Waals surface area contributed by atoms with Crippen molar-refractivity contribution in [3.05, 3.63) is 77.3 Å². The van der Waals surface area contributed by atoms with Crippen molar-refractivity contribution in [3.63, 3.8) is 0 Å². The molecule has 0 spiro atoms. The van der Waals surface area contributed by atoms with E-state index in [1.165, 1.54) is 12.1 Å². The monoisotopic (exact) mass is 353 g/mol. The number of carboxylic acid groups (broad SMARTS) is 1. The van der Waals surface area contributed by atoms with Crippen molar-refractivity contribution in [1.29, 1.82) is 0 Å². The van der Waals surface area contributed by atoms with E-state index in [0.29, 0.717) is 5.56 Å². The molecule has 0 aromatic heterocycles. The van der Waals surface area contributed by atoms with Crippen LogP contribution in [0.2, 0.25) is 0 Å². The molecule has 0 saturated heterocycles. The second kappa shape index (κ2) is 9.08. The predicted molar refractivity (Wildman–Crippen MR) is 95.0 cm³/mol. The minimum absolute atomic E-state index is 0.0669. The third-order valence-electron chi connectivity index (χ3n) is 3.81. The highest BCUT2D eigenvalue weighted by Gasteiger charge is 2.27. The molecule has 26 heavy (non-hydrogen) atoms. The zero-order chi connectivity index (χ0) is 18.9. The topological polar surface area (TPSA) is 103 Å². The summed E-state index contributed by atoms with van der Waals surface area (Å²) in [5.74, 6) is -1.66. The number of aromatic hydroxyl groups is 1. The number of hydrogen-bond acceptors (Lipinski definition) is 4. The van der Waals surface area contributed by atoms with Gasteiger partial charge in [-0.05, 0) is 23.3 Å². The SMILES string of the molecule is [C-]#[N+]N[C@H](Cc1ccccc1)C(=O)N[C@@H](Cc1ccc(O)cc1)C(=O)O. The van der Waals surface area contributed by atoms with Crippen LogP contribution >= 0.6 is 0 Å². The molecule has 134 valence electrons. The van der Waals surface area contributed by atoms with E-state index in [-0.39, 0.29) is 18.6 Å². The number of nitrogens with one attached hydrogen (secondary N) is 2. The molecule has 0 aliphatic rings. The van der Waals surface area contributed by atoms with E-state index in [4.69, 9.17) is 6.57 Å². The molecule has 2 atom stereocenters. The van der Waals surface area contributed by atoms with E-state index < -0.39 is 24.0 Å². The van der Waals surface area contributed by atoms with Crippen molar-refractivity contribution in [2.45, 2.75) is 24.9 Å². The Hall–Kier alpha value is -3.53. The summed E-state index contributed by atoms with van der Waals surface area (Å²) in [4.78, 5) is 27.0. The van der Waals surface area contributed by atoms with Crippen LogP contribution in [0.5, 0.6) is 5.75 Å². The third-order valence-corrected chi connectivity index (χ3v) is 3.81. The van der Waals surface area contributed by atoms with Crippen molar-refractivity contribution in [1.82, 2.24) is 10.7 Å². The predicted octanol–water partition coefficient (Wildman–Crippen LogP) is 1.54. The van der Waals surface area contributed by atoms with Crippen molar-refractivity contribution in [3.8, 4) is 5.75 Å². The Morgan fingerprint density at radius 2 is 1.54 bits per heavy atom. The Morgan fingerprint density at radius 3 is 2.12 bits per heavy atom. The van der Waals surface area contributed by atoms with E-state index in [1.54, 1.807) is 12.1 Å². The van der Waals surface area contributed by atoms with Crippen LogP contribution in [-0.2, 0) is 22.4 Å². The van der Waals surface area contributed by atoms with Crippen LogP contribution in [-0.4, -0.2) is 34.2 Å². The number of rotatable bonds is 8. The fourth-order valence-electron chi connectivity index (χ4n) is 2.46. The molecule has 7 heteroatoms. The fraction of sp³-hybridized carbons (Fsp3) is 0.211. The molecule has 0 heterocycles. The molecule has 2 aromatic carbocycles. The molecule has 0 aliphatic carbocycles. The first-order chi connectivity index (χ1) is 12.5. The maximum absolute atomic E-state index is 12.5. The van der Waals surface area contributed by atoms with Crippen molar-refractivity contribution in [2.75, 3.05) is 0 Å². The lowest BCUT2D eigenvalue weighted by Gasteiger charge is -2.18. The van der Waals surface area contributed by atoms with Gasteiger partial charge in [-0.25, -0.2) is 4.79 Å². The number of carbonyl (C=O) groups excluding carboxylic acids is 1. The second-order valence-electron chi connectivity index (χ2n) is 5.75. The van der Waals surface area contributed by atoms with Gasteiger partial charge in [0.25, 0.3) is 0 Å². The van der Waals surface area contributed by atoms with Crippen LogP contribution in [0.4, 0.5) is 0 Å². The summed E-state index contributed by atoms with van der Waals surface area (Å²) in [5, 5.41) is 21.2. The van der Waals surface area contributed by atoms with Gasteiger partial charge in [0.2, 0.25) is 5.91 Å². The van der Waals surface area contributed by atoms with E-state index in [9.17, 15) is 19.8 Å². The summed E-state index contributed by atoms with van der Waals surface area (Å²) in [5.41, 5.74) is 3.92. The largest absolute Gasteiger partial charge is 0.508 e. The highest BCUT2D eigenvalue weighted by atomic mass is 16.4. The summed E-state index contributed by atoms with van der Waals surface area (Å²) >= 11 is 0. The Balaban J connectivity index is 2.07. The molecule has 0 bridgehead atoms. The van der Waals surface area contributed by atoms with Crippen LogP contribution in [0.3, 0.4) is 0 Å². The van der Waals surface area contributed by atoms with Gasteiger partial charge in [-0.3, -0.25) is 4.79 Å². The standard InChI is InChI=1S/C19H19N3O4/c1-20-22-16(11-13-5-3-2-4-6-13)18(24)21-17(19(25)26)12-14-7-9-15(23)10-8-14/h2-10,16-17,22-23H,11-12H2,(H,21,24)(H,25,26)/t16-,17+/m1/s1. The average Bonchev–Trinajstić information content (AvgIpc) is 2.63. The molecule has 7 nitrogen and oxygen atoms in total. The van der Waals surface area contributed by atoms with Gasteiger partial charge in [0.1, 0.15) is 11.8 Å². The van der Waals surface area contributed by atoms with Gasteiger partial charge >= 0.3 is 5.97 Å². The number of hydrogen-bond donors (Lipinski definition) is 4. The molecule has 0 fully saturated rings. The number of nitrogens with zero attached hydrogens (tertiary/aromatic N) is 1. The molecular formula is C19H19N3O4. The maximum atomic E-state index is 12.5. The summed E-state index contributed by atoms with van der Waals surface area (Å²) in [6.45, 7) is 6.95. The minimum atomic E-state index is -1.17. The first kappa shape index (κ1) is 18.8. The second-order valence-corrected chi connectivity index (χ2v) is 5.75. The van der Waals surface area contributed by atoms with Crippen LogP contribution in [0.25, 0.3) is 4.95 Å². The first-order valence-electron chi connectivity index (χ1n) is 7.96. The van der Waals surface area contributed by atoms with Crippen LogP contribution in [0.15, 0.2) is 54.6 Å². The molecule has 2 rings (SSSR count). The van der Waals surface area contributed by atoms with Gasteiger partial charge in [-0.15, -0.1) is 5.43 Å². The molecule has 2 aromatic rings. The molecule has 0 aliphatic heterocycles. The van der Waals surface area contributed by atoms with Gasteiger partial charge in [0.05, 0.1) is 0 Å². The Morgan fingerprint density at radius 1 is 0.962 bits per heavy atom. The molecule has 0 radical (unpaired) electrons. The van der Waals surface area contributed by atoms with Crippen molar-refractivity contribution in [2.24, 2.45) is 0 Å². The highest BCUT2D eigenvalue weighted by molar-refractivity contribution is 5.87. The number of benzene rings is 2. The van der Waals surface area contributed by atoms with Gasteiger partial charge in [-0.2, -0.15) is 11.5 Å². The molecule has 0 saturated carbocycles. The number of phenols is 1. The van der Waals surface area contributed by atoms with E-state index >= 15 is 0 Å². The molecule has 0 unspecified atom stereocenters. The number of aliphatic carboxylic acids is 1. The Kier molecular flexibility index (Phi) is 6.57. The lowest BCUT2D eigenvalue weighted by atomic mass is 10.0. The van der Waals surface area contributed by atoms with Crippen LogP contribution in [0, 0.1) is 6.57 Å². The fourth-order valence-corrected chi connectivity index (χ4v) is 2.46. The zero-order valence-electron chi connectivity index (χ0n) is 13.9.